The average Bonchev–Trinajstić information content (AvgIpc) is 2.40. The Hall–Kier alpha value is -2.28. The van der Waals surface area contributed by atoms with E-state index in [9.17, 15) is 14.7 Å². The van der Waals surface area contributed by atoms with Crippen LogP contribution in [-0.2, 0) is 0 Å². The topological polar surface area (TPSA) is 111 Å². The Labute approximate surface area is 117 Å². The molecule has 20 heavy (non-hydrogen) atoms. The van der Waals surface area contributed by atoms with Crippen LogP contribution in [0.3, 0.4) is 0 Å². The van der Waals surface area contributed by atoms with Gasteiger partial charge < -0.3 is 26.2 Å². The van der Waals surface area contributed by atoms with Crippen LogP contribution in [0.1, 0.15) is 23.7 Å². The second-order valence-corrected chi connectivity index (χ2v) is 4.13. The number of amides is 2. The van der Waals surface area contributed by atoms with Crippen LogP contribution in [0, 0.1) is 0 Å². The molecule has 5 N–H and O–H groups in total. The summed E-state index contributed by atoms with van der Waals surface area (Å²) in [6, 6.07) is 3.45. The molecule has 1 aromatic carbocycles. The van der Waals surface area contributed by atoms with E-state index in [1.165, 1.54) is 18.2 Å². The fraction of sp³-hybridized carbons (Fsp3) is 0.385. The maximum atomic E-state index is 11.6. The molecular weight excluding hydrogens is 262 g/mol. The average molecular weight is 281 g/mol. The van der Waals surface area contributed by atoms with Gasteiger partial charge in [0.1, 0.15) is 11.3 Å². The number of rotatable bonds is 7. The SMILES string of the molecule is CCNCCCNC(=O)Nc1ccc(O)c(C(=O)O)c1. The molecule has 1 rings (SSSR count). The van der Waals surface area contributed by atoms with Crippen LogP contribution >= 0.6 is 0 Å². The molecule has 1 aromatic rings. The number of carbonyl (C=O) groups is 2. The van der Waals surface area contributed by atoms with Crippen molar-refractivity contribution in [1.29, 1.82) is 0 Å². The maximum absolute atomic E-state index is 11.6. The summed E-state index contributed by atoms with van der Waals surface area (Å²) in [4.78, 5) is 22.4. The molecule has 0 saturated heterocycles. The molecule has 0 saturated carbocycles. The molecule has 7 nitrogen and oxygen atoms in total. The lowest BCUT2D eigenvalue weighted by atomic mass is 10.2. The van der Waals surface area contributed by atoms with E-state index in [-0.39, 0.29) is 11.3 Å². The number of hydrogen-bond acceptors (Lipinski definition) is 4. The molecule has 7 heteroatoms. The molecule has 0 fully saturated rings. The van der Waals surface area contributed by atoms with Gasteiger partial charge in [-0.15, -0.1) is 0 Å². The van der Waals surface area contributed by atoms with Crippen molar-refractivity contribution in [3.05, 3.63) is 23.8 Å². The zero-order valence-corrected chi connectivity index (χ0v) is 11.3. The van der Waals surface area contributed by atoms with E-state index in [1.807, 2.05) is 6.92 Å². The molecule has 110 valence electrons. The highest BCUT2D eigenvalue weighted by Crippen LogP contribution is 2.21. The number of anilines is 1. The molecule has 0 aromatic heterocycles. The van der Waals surface area contributed by atoms with Crippen molar-refractivity contribution in [2.24, 2.45) is 0 Å². The zero-order valence-electron chi connectivity index (χ0n) is 11.3. The van der Waals surface area contributed by atoms with E-state index in [2.05, 4.69) is 16.0 Å². The summed E-state index contributed by atoms with van der Waals surface area (Å²) in [6.07, 6.45) is 0.803. The number of phenols is 1. The molecule has 0 aliphatic rings. The van der Waals surface area contributed by atoms with Gasteiger partial charge in [-0.2, -0.15) is 0 Å². The van der Waals surface area contributed by atoms with E-state index >= 15 is 0 Å². The highest BCUT2D eigenvalue weighted by atomic mass is 16.4. The van der Waals surface area contributed by atoms with Crippen molar-refractivity contribution in [2.75, 3.05) is 25.0 Å². The Bertz CT molecular complexity index is 477. The van der Waals surface area contributed by atoms with Crippen molar-refractivity contribution in [3.63, 3.8) is 0 Å². The largest absolute Gasteiger partial charge is 0.507 e. The molecule has 0 radical (unpaired) electrons. The second kappa shape index (κ2) is 8.00. The van der Waals surface area contributed by atoms with Gasteiger partial charge in [-0.25, -0.2) is 9.59 Å². The highest BCUT2D eigenvalue weighted by molar-refractivity contribution is 5.95. The van der Waals surface area contributed by atoms with Gasteiger partial charge in [-0.05, 0) is 37.7 Å². The van der Waals surface area contributed by atoms with Gasteiger partial charge in [0, 0.05) is 12.2 Å². The third kappa shape index (κ3) is 5.15. The molecule has 0 aliphatic heterocycles. The van der Waals surface area contributed by atoms with Gasteiger partial charge >= 0.3 is 12.0 Å². The summed E-state index contributed by atoms with van der Waals surface area (Å²) in [5.41, 5.74) is 0.0549. The Morgan fingerprint density at radius 1 is 1.25 bits per heavy atom. The third-order valence-corrected chi connectivity index (χ3v) is 2.55. The lowest BCUT2D eigenvalue weighted by Crippen LogP contribution is -2.31. The molecule has 2 amide bonds. The first kappa shape index (κ1) is 15.8. The first-order valence-electron chi connectivity index (χ1n) is 6.36. The number of carboxylic acids is 1. The van der Waals surface area contributed by atoms with Crippen LogP contribution in [0.4, 0.5) is 10.5 Å². The van der Waals surface area contributed by atoms with Crippen LogP contribution in [0.2, 0.25) is 0 Å². The minimum Gasteiger partial charge on any atom is -0.507 e. The number of hydrogen-bond donors (Lipinski definition) is 5. The molecule has 0 heterocycles. The lowest BCUT2D eigenvalue weighted by Gasteiger charge is -2.09. The number of aromatic hydroxyl groups is 1. The van der Waals surface area contributed by atoms with Gasteiger partial charge in [0.2, 0.25) is 0 Å². The van der Waals surface area contributed by atoms with Gasteiger partial charge in [-0.1, -0.05) is 6.92 Å². The van der Waals surface area contributed by atoms with Crippen molar-refractivity contribution in [3.8, 4) is 5.75 Å². The number of nitrogens with one attached hydrogen (secondary N) is 3. The predicted octanol–water partition coefficient (Wildman–Crippen LogP) is 1.21. The van der Waals surface area contributed by atoms with E-state index in [1.54, 1.807) is 0 Å². The third-order valence-electron chi connectivity index (χ3n) is 2.55. The van der Waals surface area contributed by atoms with E-state index in [4.69, 9.17) is 5.11 Å². The van der Waals surface area contributed by atoms with Gasteiger partial charge in [0.05, 0.1) is 0 Å². The fourth-order valence-electron chi connectivity index (χ4n) is 1.55. The minimum atomic E-state index is -1.25. The number of benzene rings is 1. The standard InChI is InChI=1S/C13H19N3O4/c1-2-14-6-3-7-15-13(20)16-9-4-5-11(17)10(8-9)12(18)19/h4-5,8,14,17H,2-3,6-7H2,1H3,(H,18,19)(H2,15,16,20). The van der Waals surface area contributed by atoms with Crippen molar-refractivity contribution >= 4 is 17.7 Å². The number of carbonyl (C=O) groups excluding carboxylic acids is 1. The number of aromatic carboxylic acids is 1. The Morgan fingerprint density at radius 2 is 2.00 bits per heavy atom. The predicted molar refractivity (Wildman–Crippen MR) is 75.2 cm³/mol. The maximum Gasteiger partial charge on any atom is 0.339 e. The fourth-order valence-corrected chi connectivity index (χ4v) is 1.55. The van der Waals surface area contributed by atoms with Crippen LogP contribution < -0.4 is 16.0 Å². The quantitative estimate of drug-likeness (QED) is 0.381. The molecule has 0 spiro atoms. The molecule has 0 bridgehead atoms. The Kier molecular flexibility index (Phi) is 6.31. The smallest absolute Gasteiger partial charge is 0.339 e. The number of urea groups is 1. The van der Waals surface area contributed by atoms with Crippen LogP contribution in [0.15, 0.2) is 18.2 Å². The van der Waals surface area contributed by atoms with Crippen molar-refractivity contribution in [2.45, 2.75) is 13.3 Å². The van der Waals surface area contributed by atoms with Crippen LogP contribution in [0.25, 0.3) is 0 Å². The van der Waals surface area contributed by atoms with Gasteiger partial charge in [0.25, 0.3) is 0 Å². The monoisotopic (exact) mass is 281 g/mol. The lowest BCUT2D eigenvalue weighted by molar-refractivity contribution is 0.0693. The second-order valence-electron chi connectivity index (χ2n) is 4.13. The normalized spacial score (nSPS) is 10.1. The Balaban J connectivity index is 2.46. The molecule has 0 aliphatic carbocycles. The van der Waals surface area contributed by atoms with Gasteiger partial charge in [0.15, 0.2) is 0 Å². The van der Waals surface area contributed by atoms with Crippen LogP contribution in [0.5, 0.6) is 5.75 Å². The summed E-state index contributed by atoms with van der Waals surface area (Å²) < 4.78 is 0. The minimum absolute atomic E-state index is 0.255. The van der Waals surface area contributed by atoms with E-state index in [0.717, 1.165) is 19.5 Å². The molecule has 0 atom stereocenters. The van der Waals surface area contributed by atoms with Crippen molar-refractivity contribution < 1.29 is 19.8 Å². The van der Waals surface area contributed by atoms with Gasteiger partial charge in [-0.3, -0.25) is 0 Å². The zero-order chi connectivity index (χ0) is 15.0. The first-order chi connectivity index (χ1) is 9.54. The number of carboxylic acid groups (broad SMARTS) is 1. The summed E-state index contributed by atoms with van der Waals surface area (Å²) in [5.74, 6) is -1.59. The summed E-state index contributed by atoms with van der Waals surface area (Å²) in [5, 5.41) is 26.5. The first-order valence-corrected chi connectivity index (χ1v) is 6.36. The summed E-state index contributed by atoms with van der Waals surface area (Å²) >= 11 is 0. The molecular formula is C13H19N3O4. The van der Waals surface area contributed by atoms with E-state index in [0.29, 0.717) is 12.2 Å². The molecule has 0 unspecified atom stereocenters. The highest BCUT2D eigenvalue weighted by Gasteiger charge is 2.11. The van der Waals surface area contributed by atoms with Crippen molar-refractivity contribution in [1.82, 2.24) is 10.6 Å². The summed E-state index contributed by atoms with van der Waals surface area (Å²) in [6.45, 7) is 4.23. The summed E-state index contributed by atoms with van der Waals surface area (Å²) in [7, 11) is 0. The Morgan fingerprint density at radius 3 is 2.65 bits per heavy atom. The van der Waals surface area contributed by atoms with E-state index < -0.39 is 12.0 Å². The van der Waals surface area contributed by atoms with Crippen LogP contribution in [-0.4, -0.2) is 41.8 Å².